The zero-order valence-corrected chi connectivity index (χ0v) is 11.1. The number of carbonyl (C=O) groups excluding carboxylic acids is 1. The number of para-hydroxylation sites is 2. The maximum Gasteiger partial charge on any atom is 0.223 e. The average molecular weight is 245 g/mol. The highest BCUT2D eigenvalue weighted by Gasteiger charge is 2.12. The number of carbonyl (C=O) groups is 1. The molecule has 96 valence electrons. The van der Waals surface area contributed by atoms with Crippen LogP contribution in [0.3, 0.4) is 0 Å². The Hall–Kier alpha value is -1.84. The van der Waals surface area contributed by atoms with Crippen molar-refractivity contribution in [2.24, 2.45) is 13.0 Å². The highest BCUT2D eigenvalue weighted by atomic mass is 16.1. The van der Waals surface area contributed by atoms with Crippen LogP contribution in [0.25, 0.3) is 11.0 Å². The average Bonchev–Trinajstić information content (AvgIpc) is 2.72. The maximum absolute atomic E-state index is 11.7. The molecule has 4 heteroatoms. The van der Waals surface area contributed by atoms with E-state index in [2.05, 4.69) is 10.3 Å². The second-order valence-electron chi connectivity index (χ2n) is 4.60. The number of nitrogens with zero attached hydrogens (tertiary/aromatic N) is 2. The van der Waals surface area contributed by atoms with Crippen molar-refractivity contribution in [1.29, 1.82) is 0 Å². The van der Waals surface area contributed by atoms with E-state index in [1.54, 1.807) is 0 Å². The number of nitrogens with one attached hydrogen (secondary N) is 1. The number of fused-ring (bicyclic) bond motifs is 1. The van der Waals surface area contributed by atoms with Crippen LogP contribution < -0.4 is 5.32 Å². The molecule has 0 spiro atoms. The van der Waals surface area contributed by atoms with E-state index in [0.29, 0.717) is 6.54 Å². The van der Waals surface area contributed by atoms with Crippen LogP contribution in [0.2, 0.25) is 0 Å². The van der Waals surface area contributed by atoms with Crippen LogP contribution >= 0.6 is 0 Å². The summed E-state index contributed by atoms with van der Waals surface area (Å²) in [6, 6.07) is 7.97. The van der Waals surface area contributed by atoms with Crippen LogP contribution in [0.5, 0.6) is 0 Å². The van der Waals surface area contributed by atoms with Crippen molar-refractivity contribution in [1.82, 2.24) is 14.9 Å². The lowest BCUT2D eigenvalue weighted by molar-refractivity contribution is -0.124. The summed E-state index contributed by atoms with van der Waals surface area (Å²) in [6.07, 6.45) is 0.856. The highest BCUT2D eigenvalue weighted by Crippen LogP contribution is 2.14. The molecule has 1 aromatic carbocycles. The molecule has 1 atom stereocenters. The SMILES string of the molecule is CCC(C)C(=O)NCc1nc2ccccc2n1C. The first-order valence-electron chi connectivity index (χ1n) is 6.31. The lowest BCUT2D eigenvalue weighted by Crippen LogP contribution is -2.29. The van der Waals surface area contributed by atoms with Crippen LogP contribution in [0, 0.1) is 5.92 Å². The Kier molecular flexibility index (Phi) is 3.65. The third-order valence-electron chi connectivity index (χ3n) is 3.36. The number of imidazole rings is 1. The fraction of sp³-hybridized carbons (Fsp3) is 0.429. The maximum atomic E-state index is 11.7. The van der Waals surface area contributed by atoms with Gasteiger partial charge >= 0.3 is 0 Å². The first-order valence-corrected chi connectivity index (χ1v) is 6.31. The number of rotatable bonds is 4. The van der Waals surface area contributed by atoms with Gasteiger partial charge in [-0.1, -0.05) is 26.0 Å². The predicted octanol–water partition coefficient (Wildman–Crippen LogP) is 2.24. The Bertz CT molecular complexity index is 559. The smallest absolute Gasteiger partial charge is 0.223 e. The second kappa shape index (κ2) is 5.21. The van der Waals surface area contributed by atoms with Crippen LogP contribution in [-0.2, 0) is 18.4 Å². The molecule has 0 bridgehead atoms. The first kappa shape index (κ1) is 12.6. The summed E-state index contributed by atoms with van der Waals surface area (Å²) >= 11 is 0. The molecule has 1 amide bonds. The molecule has 0 aliphatic heterocycles. The molecule has 0 saturated heterocycles. The van der Waals surface area contributed by atoms with Crippen molar-refractivity contribution in [2.45, 2.75) is 26.8 Å². The van der Waals surface area contributed by atoms with E-state index in [-0.39, 0.29) is 11.8 Å². The third kappa shape index (κ3) is 2.37. The van der Waals surface area contributed by atoms with Crippen LogP contribution in [-0.4, -0.2) is 15.5 Å². The molecule has 0 aliphatic carbocycles. The van der Waals surface area contributed by atoms with Gasteiger partial charge in [-0.3, -0.25) is 4.79 Å². The normalized spacial score (nSPS) is 12.6. The summed E-state index contributed by atoms with van der Waals surface area (Å²) < 4.78 is 2.02. The van der Waals surface area contributed by atoms with E-state index < -0.39 is 0 Å². The van der Waals surface area contributed by atoms with E-state index in [1.807, 2.05) is 49.7 Å². The van der Waals surface area contributed by atoms with E-state index >= 15 is 0 Å². The Balaban J connectivity index is 2.13. The molecule has 18 heavy (non-hydrogen) atoms. The first-order chi connectivity index (χ1) is 8.63. The fourth-order valence-corrected chi connectivity index (χ4v) is 1.88. The van der Waals surface area contributed by atoms with Gasteiger partial charge in [0.15, 0.2) is 0 Å². The lowest BCUT2D eigenvalue weighted by atomic mass is 10.1. The summed E-state index contributed by atoms with van der Waals surface area (Å²) in [7, 11) is 1.97. The van der Waals surface area contributed by atoms with Crippen molar-refractivity contribution in [3.05, 3.63) is 30.1 Å². The van der Waals surface area contributed by atoms with Gasteiger partial charge in [-0.05, 0) is 18.6 Å². The molecule has 1 heterocycles. The summed E-state index contributed by atoms with van der Waals surface area (Å²) in [4.78, 5) is 16.2. The van der Waals surface area contributed by atoms with Gasteiger partial charge in [0.25, 0.3) is 0 Å². The van der Waals surface area contributed by atoms with Gasteiger partial charge in [-0.2, -0.15) is 0 Å². The summed E-state index contributed by atoms with van der Waals surface area (Å²) in [5, 5.41) is 2.93. The molecule has 0 saturated carbocycles. The predicted molar refractivity (Wildman–Crippen MR) is 72.0 cm³/mol. The van der Waals surface area contributed by atoms with Crippen molar-refractivity contribution >= 4 is 16.9 Å². The number of aromatic nitrogens is 2. The van der Waals surface area contributed by atoms with E-state index in [4.69, 9.17) is 0 Å². The van der Waals surface area contributed by atoms with Gasteiger partial charge in [-0.15, -0.1) is 0 Å². The van der Waals surface area contributed by atoms with Gasteiger partial charge in [-0.25, -0.2) is 4.98 Å². The highest BCUT2D eigenvalue weighted by molar-refractivity contribution is 5.78. The summed E-state index contributed by atoms with van der Waals surface area (Å²) in [6.45, 7) is 4.43. The van der Waals surface area contributed by atoms with Crippen molar-refractivity contribution in [3.63, 3.8) is 0 Å². The van der Waals surface area contributed by atoms with E-state index in [0.717, 1.165) is 23.3 Å². The molecule has 1 N–H and O–H groups in total. The Morgan fingerprint density at radius 2 is 2.17 bits per heavy atom. The topological polar surface area (TPSA) is 46.9 Å². The van der Waals surface area contributed by atoms with E-state index in [9.17, 15) is 4.79 Å². The minimum Gasteiger partial charge on any atom is -0.349 e. The molecule has 4 nitrogen and oxygen atoms in total. The van der Waals surface area contributed by atoms with Crippen molar-refractivity contribution < 1.29 is 4.79 Å². The summed E-state index contributed by atoms with van der Waals surface area (Å²) in [5.41, 5.74) is 2.05. The van der Waals surface area contributed by atoms with Crippen LogP contribution in [0.1, 0.15) is 26.1 Å². The zero-order valence-electron chi connectivity index (χ0n) is 11.1. The lowest BCUT2D eigenvalue weighted by Gasteiger charge is -2.09. The quantitative estimate of drug-likeness (QED) is 0.898. The molecule has 2 aromatic rings. The minimum absolute atomic E-state index is 0.0553. The van der Waals surface area contributed by atoms with Crippen LogP contribution in [0.4, 0.5) is 0 Å². The number of hydrogen-bond donors (Lipinski definition) is 1. The fourth-order valence-electron chi connectivity index (χ4n) is 1.88. The minimum atomic E-state index is 0.0553. The van der Waals surface area contributed by atoms with Crippen molar-refractivity contribution in [3.8, 4) is 0 Å². The molecule has 0 aliphatic rings. The second-order valence-corrected chi connectivity index (χ2v) is 4.60. The van der Waals surface area contributed by atoms with Gasteiger partial charge in [0.05, 0.1) is 17.6 Å². The molecule has 2 rings (SSSR count). The molecule has 1 aromatic heterocycles. The van der Waals surface area contributed by atoms with Gasteiger partial charge in [0.1, 0.15) is 5.82 Å². The molecular formula is C14H19N3O. The van der Waals surface area contributed by atoms with Crippen molar-refractivity contribution in [2.75, 3.05) is 0 Å². The van der Waals surface area contributed by atoms with Crippen LogP contribution in [0.15, 0.2) is 24.3 Å². The standard InChI is InChI=1S/C14H19N3O/c1-4-10(2)14(18)15-9-13-16-11-7-5-6-8-12(11)17(13)3/h5-8,10H,4,9H2,1-3H3,(H,15,18). The number of benzene rings is 1. The Morgan fingerprint density at radius 3 is 2.83 bits per heavy atom. The Labute approximate surface area is 107 Å². The molecular weight excluding hydrogens is 226 g/mol. The number of amides is 1. The third-order valence-corrected chi connectivity index (χ3v) is 3.36. The number of hydrogen-bond acceptors (Lipinski definition) is 2. The largest absolute Gasteiger partial charge is 0.349 e. The Morgan fingerprint density at radius 1 is 1.44 bits per heavy atom. The molecule has 0 fully saturated rings. The van der Waals surface area contributed by atoms with Gasteiger partial charge in [0, 0.05) is 13.0 Å². The number of aryl methyl sites for hydroxylation is 1. The van der Waals surface area contributed by atoms with E-state index in [1.165, 1.54) is 0 Å². The molecule has 0 radical (unpaired) electrons. The monoisotopic (exact) mass is 245 g/mol. The zero-order chi connectivity index (χ0) is 13.1. The van der Waals surface area contributed by atoms with Gasteiger partial charge < -0.3 is 9.88 Å². The van der Waals surface area contributed by atoms with Gasteiger partial charge in [0.2, 0.25) is 5.91 Å². The molecule has 1 unspecified atom stereocenters. The summed E-state index contributed by atoms with van der Waals surface area (Å²) in [5.74, 6) is 1.03.